The summed E-state index contributed by atoms with van der Waals surface area (Å²) in [5.74, 6) is -2.54. The number of thioether (sulfide) groups is 1. The zero-order valence-electron chi connectivity index (χ0n) is 13.6. The molecule has 1 amide bonds. The molecule has 0 aliphatic heterocycles. The second kappa shape index (κ2) is 8.86. The normalized spacial score (nSPS) is 13.3. The molecule has 1 aromatic rings. The van der Waals surface area contributed by atoms with Crippen LogP contribution in [0.15, 0.2) is 17.0 Å². The van der Waals surface area contributed by atoms with Crippen molar-refractivity contribution in [1.29, 1.82) is 0 Å². The molecule has 0 aliphatic rings. The van der Waals surface area contributed by atoms with Crippen LogP contribution >= 0.6 is 11.8 Å². The van der Waals surface area contributed by atoms with Gasteiger partial charge in [0.1, 0.15) is 16.9 Å². The number of benzene rings is 1. The molecule has 0 fully saturated rings. The molecule has 0 saturated carbocycles. The molecule has 1 rings (SSSR count). The lowest BCUT2D eigenvalue weighted by Crippen LogP contribution is -2.24. The molecule has 1 N–H and O–H groups in total. The number of esters is 1. The molecule has 0 aliphatic carbocycles. The summed E-state index contributed by atoms with van der Waals surface area (Å²) in [6, 6.07) is 1.89. The summed E-state index contributed by atoms with van der Waals surface area (Å²) in [6.07, 6.45) is 0.904. The molecule has 7 heteroatoms. The maximum absolute atomic E-state index is 13.9. The first-order valence-electron chi connectivity index (χ1n) is 7.42. The van der Waals surface area contributed by atoms with Crippen LogP contribution in [0.25, 0.3) is 0 Å². The van der Waals surface area contributed by atoms with Gasteiger partial charge in [-0.3, -0.25) is 9.59 Å². The number of carbonyl (C=O) groups excluding carboxylic acids is 2. The van der Waals surface area contributed by atoms with Gasteiger partial charge >= 0.3 is 5.97 Å². The molecule has 0 radical (unpaired) electrons. The highest BCUT2D eigenvalue weighted by Crippen LogP contribution is 2.32. The van der Waals surface area contributed by atoms with Gasteiger partial charge in [0.25, 0.3) is 0 Å². The van der Waals surface area contributed by atoms with Gasteiger partial charge in [-0.15, -0.1) is 11.8 Å². The number of hydrogen-bond acceptors (Lipinski definition) is 4. The molecule has 2 unspecified atom stereocenters. The summed E-state index contributed by atoms with van der Waals surface area (Å²) in [7, 11) is 0. The number of rotatable bonds is 7. The van der Waals surface area contributed by atoms with E-state index in [1.807, 2.05) is 6.92 Å². The third-order valence-corrected chi connectivity index (χ3v) is 4.50. The van der Waals surface area contributed by atoms with Crippen molar-refractivity contribution in [3.05, 3.63) is 23.8 Å². The number of ether oxygens (including phenoxy) is 1. The Balaban J connectivity index is 2.96. The maximum atomic E-state index is 13.9. The van der Waals surface area contributed by atoms with Crippen LogP contribution < -0.4 is 5.32 Å². The Hall–Kier alpha value is -1.63. The number of anilines is 1. The largest absolute Gasteiger partial charge is 0.462 e. The van der Waals surface area contributed by atoms with Gasteiger partial charge in [-0.25, -0.2) is 8.78 Å². The second-order valence-electron chi connectivity index (χ2n) is 5.11. The van der Waals surface area contributed by atoms with E-state index < -0.39 is 28.8 Å². The highest BCUT2D eigenvalue weighted by Gasteiger charge is 2.23. The van der Waals surface area contributed by atoms with E-state index >= 15 is 0 Å². The Labute approximate surface area is 139 Å². The zero-order valence-corrected chi connectivity index (χ0v) is 14.4. The highest BCUT2D eigenvalue weighted by atomic mass is 32.2. The predicted molar refractivity (Wildman–Crippen MR) is 86.4 cm³/mol. The minimum atomic E-state index is -0.864. The first-order valence-corrected chi connectivity index (χ1v) is 8.30. The molecule has 0 spiro atoms. The van der Waals surface area contributed by atoms with Crippen molar-refractivity contribution in [2.24, 2.45) is 0 Å². The Morgan fingerprint density at radius 3 is 2.39 bits per heavy atom. The summed E-state index contributed by atoms with van der Waals surface area (Å²) in [4.78, 5) is 23.2. The van der Waals surface area contributed by atoms with Gasteiger partial charge in [0.05, 0.1) is 11.8 Å². The van der Waals surface area contributed by atoms with E-state index in [1.165, 1.54) is 13.0 Å². The minimum Gasteiger partial charge on any atom is -0.462 e. The van der Waals surface area contributed by atoms with E-state index in [-0.39, 0.29) is 16.7 Å². The van der Waals surface area contributed by atoms with Crippen molar-refractivity contribution in [3.8, 4) is 0 Å². The van der Waals surface area contributed by atoms with Crippen molar-refractivity contribution in [3.63, 3.8) is 0 Å². The molecular weight excluding hydrogens is 324 g/mol. The van der Waals surface area contributed by atoms with E-state index in [0.717, 1.165) is 11.8 Å². The molecular formula is C16H21F2NO3S. The summed E-state index contributed by atoms with van der Waals surface area (Å²) in [5, 5.41) is 1.69. The molecule has 1 aromatic carbocycles. The molecule has 2 atom stereocenters. The molecule has 4 nitrogen and oxygen atoms in total. The van der Waals surface area contributed by atoms with Crippen LogP contribution in [0.1, 0.15) is 40.5 Å². The Morgan fingerprint density at radius 1 is 1.22 bits per heavy atom. The second-order valence-corrected chi connectivity index (χ2v) is 6.36. The smallest absolute Gasteiger partial charge is 0.319 e. The SMILES string of the molecule is CCC(C)OC(=O)C(CC)Sc1cc(NC(C)=O)c(F)cc1F. The Morgan fingerprint density at radius 2 is 1.87 bits per heavy atom. The topological polar surface area (TPSA) is 55.4 Å². The van der Waals surface area contributed by atoms with Crippen LogP contribution in [0, 0.1) is 11.6 Å². The molecule has 0 heterocycles. The quantitative estimate of drug-likeness (QED) is 0.596. The van der Waals surface area contributed by atoms with E-state index in [1.54, 1.807) is 13.8 Å². The van der Waals surface area contributed by atoms with Crippen LogP contribution in [0.3, 0.4) is 0 Å². The monoisotopic (exact) mass is 345 g/mol. The van der Waals surface area contributed by atoms with Gasteiger partial charge in [0.2, 0.25) is 5.91 Å². The van der Waals surface area contributed by atoms with Gasteiger partial charge in [-0.05, 0) is 25.8 Å². The average Bonchev–Trinajstić information content (AvgIpc) is 2.48. The number of amides is 1. The first kappa shape index (κ1) is 19.4. The van der Waals surface area contributed by atoms with E-state index in [0.29, 0.717) is 18.9 Å². The van der Waals surface area contributed by atoms with E-state index in [4.69, 9.17) is 4.74 Å². The molecule has 23 heavy (non-hydrogen) atoms. The maximum Gasteiger partial charge on any atom is 0.319 e. The standard InChI is InChI=1S/C16H21F2NO3S/c1-5-9(3)22-16(21)14(6-2)23-15-8-13(19-10(4)20)11(17)7-12(15)18/h7-9,14H,5-6H2,1-4H3,(H,19,20). The highest BCUT2D eigenvalue weighted by molar-refractivity contribution is 8.00. The van der Waals surface area contributed by atoms with Crippen molar-refractivity contribution in [2.45, 2.75) is 56.8 Å². The molecule has 0 aromatic heterocycles. The van der Waals surface area contributed by atoms with Gasteiger partial charge in [0, 0.05) is 17.9 Å². The zero-order chi connectivity index (χ0) is 17.6. The lowest BCUT2D eigenvalue weighted by Gasteiger charge is -2.18. The van der Waals surface area contributed by atoms with E-state index in [9.17, 15) is 18.4 Å². The fraction of sp³-hybridized carbons (Fsp3) is 0.500. The number of nitrogens with one attached hydrogen (secondary N) is 1. The number of carbonyl (C=O) groups is 2. The summed E-state index contributed by atoms with van der Waals surface area (Å²) in [5.41, 5.74) is -0.119. The van der Waals surface area contributed by atoms with Crippen LogP contribution in [-0.4, -0.2) is 23.2 Å². The predicted octanol–water partition coefficient (Wildman–Crippen LogP) is 4.14. The lowest BCUT2D eigenvalue weighted by atomic mass is 10.3. The van der Waals surface area contributed by atoms with E-state index in [2.05, 4.69) is 5.32 Å². The lowest BCUT2D eigenvalue weighted by molar-refractivity contribution is -0.147. The minimum absolute atomic E-state index is 0.0862. The molecule has 0 bridgehead atoms. The van der Waals surface area contributed by atoms with Crippen LogP contribution in [-0.2, 0) is 14.3 Å². The summed E-state index contributed by atoms with van der Waals surface area (Å²) >= 11 is 0.958. The third kappa shape index (κ3) is 5.82. The Bertz CT molecular complexity index is 581. The van der Waals surface area contributed by atoms with Crippen molar-refractivity contribution < 1.29 is 23.1 Å². The average molecular weight is 345 g/mol. The Kier molecular flexibility index (Phi) is 7.48. The van der Waals surface area contributed by atoms with Gasteiger partial charge in [-0.1, -0.05) is 13.8 Å². The summed E-state index contributed by atoms with van der Waals surface area (Å²) in [6.45, 7) is 6.69. The van der Waals surface area contributed by atoms with Gasteiger partial charge in [0.15, 0.2) is 0 Å². The third-order valence-electron chi connectivity index (χ3n) is 3.13. The molecule has 128 valence electrons. The van der Waals surface area contributed by atoms with Crippen molar-refractivity contribution >= 4 is 29.3 Å². The van der Waals surface area contributed by atoms with Crippen LogP contribution in [0.4, 0.5) is 14.5 Å². The fourth-order valence-electron chi connectivity index (χ4n) is 1.71. The number of hydrogen-bond donors (Lipinski definition) is 1. The molecule has 0 saturated heterocycles. The van der Waals surface area contributed by atoms with Gasteiger partial charge in [-0.2, -0.15) is 0 Å². The first-order chi connectivity index (χ1) is 10.8. The van der Waals surface area contributed by atoms with Crippen molar-refractivity contribution in [1.82, 2.24) is 0 Å². The fourth-order valence-corrected chi connectivity index (χ4v) is 2.70. The van der Waals surface area contributed by atoms with Crippen molar-refractivity contribution in [2.75, 3.05) is 5.32 Å². The number of halogens is 2. The van der Waals surface area contributed by atoms with Gasteiger partial charge < -0.3 is 10.1 Å². The summed E-state index contributed by atoms with van der Waals surface area (Å²) < 4.78 is 32.8. The van der Waals surface area contributed by atoms with Crippen LogP contribution in [0.5, 0.6) is 0 Å². The van der Waals surface area contributed by atoms with Crippen LogP contribution in [0.2, 0.25) is 0 Å².